The summed E-state index contributed by atoms with van der Waals surface area (Å²) in [6.07, 6.45) is 5.49. The Balaban J connectivity index is 1.49. The second kappa shape index (κ2) is 7.00. The highest BCUT2D eigenvalue weighted by molar-refractivity contribution is 5.73. The zero-order chi connectivity index (χ0) is 18.9. The summed E-state index contributed by atoms with van der Waals surface area (Å²) in [5.74, 6) is 0.660. The smallest absolute Gasteiger partial charge is 0.233 e. The maximum atomic E-state index is 10.4. The van der Waals surface area contributed by atoms with E-state index in [1.807, 2.05) is 18.2 Å². The van der Waals surface area contributed by atoms with Crippen molar-refractivity contribution in [3.8, 4) is 34.0 Å². The number of phenols is 1. The summed E-state index contributed by atoms with van der Waals surface area (Å²) in [6, 6.07) is 9.08. The van der Waals surface area contributed by atoms with Crippen molar-refractivity contribution in [1.29, 1.82) is 0 Å². The number of hydrogen-bond acceptors (Lipinski definition) is 6. The molecule has 2 aromatic heterocycles. The van der Waals surface area contributed by atoms with Crippen LogP contribution in [0, 0.1) is 0 Å². The highest BCUT2D eigenvalue weighted by Crippen LogP contribution is 2.32. The zero-order valence-corrected chi connectivity index (χ0v) is 15.4. The van der Waals surface area contributed by atoms with Crippen LogP contribution < -0.4 is 10.1 Å². The fourth-order valence-corrected chi connectivity index (χ4v) is 3.45. The third-order valence-electron chi connectivity index (χ3n) is 4.84. The Kier molecular flexibility index (Phi) is 4.53. The topological polar surface area (TPSA) is 96.0 Å². The number of benzene rings is 1. The van der Waals surface area contributed by atoms with E-state index < -0.39 is 0 Å². The first-order valence-electron chi connectivity index (χ1n) is 9.08. The van der Waals surface area contributed by atoms with Crippen LogP contribution in [-0.2, 0) is 0 Å². The van der Waals surface area contributed by atoms with Crippen molar-refractivity contribution in [2.75, 3.05) is 6.54 Å². The van der Waals surface area contributed by atoms with Gasteiger partial charge in [-0.15, -0.1) is 10.2 Å². The number of nitrogens with zero attached hydrogens (tertiary/aromatic N) is 3. The predicted molar refractivity (Wildman–Crippen MR) is 102 cm³/mol. The first-order valence-corrected chi connectivity index (χ1v) is 9.08. The average molecular weight is 365 g/mol. The Hall–Kier alpha value is -2.93. The number of phenolic OH excluding ortho intramolecular Hbond substituents is 1. The number of hydrogen-bond donors (Lipinski definition) is 3. The van der Waals surface area contributed by atoms with Crippen LogP contribution in [0.15, 0.2) is 42.7 Å². The Bertz CT molecular complexity index is 907. The predicted octanol–water partition coefficient (Wildman–Crippen LogP) is 3.15. The molecule has 1 aliphatic rings. The molecule has 7 heteroatoms. The summed E-state index contributed by atoms with van der Waals surface area (Å²) in [7, 11) is 0. The molecule has 1 atom stereocenters. The van der Waals surface area contributed by atoms with Crippen molar-refractivity contribution in [3.05, 3.63) is 42.7 Å². The van der Waals surface area contributed by atoms with Gasteiger partial charge in [0.05, 0.1) is 11.9 Å². The molecule has 3 aromatic rings. The number of piperidine rings is 1. The minimum atomic E-state index is 0.0683. The number of aromatic hydroxyl groups is 1. The second-order valence-corrected chi connectivity index (χ2v) is 7.52. The Morgan fingerprint density at radius 2 is 2.04 bits per heavy atom. The fraction of sp³-hybridized carbons (Fsp3) is 0.350. The van der Waals surface area contributed by atoms with Gasteiger partial charge < -0.3 is 15.2 Å². The SMILES string of the molecule is CC1(C)CC(Oc2ccc(-c3ccc(-c4cn[nH]c4)cc3O)nn2)CCN1. The van der Waals surface area contributed by atoms with Crippen LogP contribution in [0.3, 0.4) is 0 Å². The molecule has 0 radical (unpaired) electrons. The molecule has 0 aliphatic carbocycles. The lowest BCUT2D eigenvalue weighted by atomic mass is 9.91. The van der Waals surface area contributed by atoms with Crippen LogP contribution >= 0.6 is 0 Å². The molecule has 3 heterocycles. The molecular formula is C20H23N5O2. The van der Waals surface area contributed by atoms with Gasteiger partial charge in [-0.25, -0.2) is 0 Å². The molecule has 1 aromatic carbocycles. The van der Waals surface area contributed by atoms with Gasteiger partial charge in [0.2, 0.25) is 5.88 Å². The lowest BCUT2D eigenvalue weighted by Crippen LogP contribution is -2.49. The normalized spacial score (nSPS) is 19.0. The molecule has 3 N–H and O–H groups in total. The van der Waals surface area contributed by atoms with Gasteiger partial charge in [0.15, 0.2) is 0 Å². The molecule has 0 amide bonds. The maximum Gasteiger partial charge on any atom is 0.233 e. The fourth-order valence-electron chi connectivity index (χ4n) is 3.45. The lowest BCUT2D eigenvalue weighted by Gasteiger charge is -2.36. The average Bonchev–Trinajstić information content (AvgIpc) is 3.16. The summed E-state index contributed by atoms with van der Waals surface area (Å²) in [6.45, 7) is 5.28. The van der Waals surface area contributed by atoms with Crippen molar-refractivity contribution >= 4 is 0 Å². The van der Waals surface area contributed by atoms with Gasteiger partial charge in [0.25, 0.3) is 0 Å². The number of nitrogens with one attached hydrogen (secondary N) is 2. The third-order valence-corrected chi connectivity index (χ3v) is 4.84. The van der Waals surface area contributed by atoms with Gasteiger partial charge in [0.1, 0.15) is 11.9 Å². The number of ether oxygens (including phenoxy) is 1. The molecule has 140 valence electrons. The first-order chi connectivity index (χ1) is 13.0. The van der Waals surface area contributed by atoms with Crippen molar-refractivity contribution in [3.63, 3.8) is 0 Å². The van der Waals surface area contributed by atoms with E-state index in [2.05, 4.69) is 39.6 Å². The quantitative estimate of drug-likeness (QED) is 0.657. The summed E-state index contributed by atoms with van der Waals surface area (Å²) >= 11 is 0. The third kappa shape index (κ3) is 3.93. The van der Waals surface area contributed by atoms with Crippen molar-refractivity contribution in [2.24, 2.45) is 0 Å². The molecular weight excluding hydrogens is 342 g/mol. The molecule has 0 saturated carbocycles. The molecule has 1 aliphatic heterocycles. The van der Waals surface area contributed by atoms with Gasteiger partial charge in [-0.3, -0.25) is 5.10 Å². The molecule has 27 heavy (non-hydrogen) atoms. The van der Waals surface area contributed by atoms with Crippen molar-refractivity contribution < 1.29 is 9.84 Å². The minimum Gasteiger partial charge on any atom is -0.507 e. The zero-order valence-electron chi connectivity index (χ0n) is 15.4. The number of rotatable bonds is 4. The largest absolute Gasteiger partial charge is 0.507 e. The van der Waals surface area contributed by atoms with E-state index in [4.69, 9.17) is 4.74 Å². The van der Waals surface area contributed by atoms with E-state index in [1.165, 1.54) is 0 Å². The van der Waals surface area contributed by atoms with E-state index >= 15 is 0 Å². The summed E-state index contributed by atoms with van der Waals surface area (Å²) in [5.41, 5.74) is 3.09. The van der Waals surface area contributed by atoms with Crippen LogP contribution in [0.2, 0.25) is 0 Å². The van der Waals surface area contributed by atoms with Crippen molar-refractivity contribution in [1.82, 2.24) is 25.7 Å². The number of H-pyrrole nitrogens is 1. The second-order valence-electron chi connectivity index (χ2n) is 7.52. The molecule has 0 bridgehead atoms. The Morgan fingerprint density at radius 1 is 1.15 bits per heavy atom. The van der Waals surface area contributed by atoms with Crippen LogP contribution in [-0.4, -0.2) is 43.7 Å². The van der Waals surface area contributed by atoms with E-state index in [-0.39, 0.29) is 17.4 Å². The maximum absolute atomic E-state index is 10.4. The molecule has 0 spiro atoms. The van der Waals surface area contributed by atoms with Gasteiger partial charge in [-0.05, 0) is 50.6 Å². The van der Waals surface area contributed by atoms with Gasteiger partial charge in [0, 0.05) is 35.3 Å². The van der Waals surface area contributed by atoms with E-state index in [1.54, 1.807) is 24.5 Å². The Labute approximate surface area is 157 Å². The van der Waals surface area contributed by atoms with Crippen LogP contribution in [0.5, 0.6) is 11.6 Å². The molecule has 1 unspecified atom stereocenters. The van der Waals surface area contributed by atoms with E-state index in [0.29, 0.717) is 17.1 Å². The van der Waals surface area contributed by atoms with E-state index in [0.717, 1.165) is 30.5 Å². The Morgan fingerprint density at radius 3 is 2.70 bits per heavy atom. The van der Waals surface area contributed by atoms with Crippen LogP contribution in [0.25, 0.3) is 22.4 Å². The number of aromatic amines is 1. The summed E-state index contributed by atoms with van der Waals surface area (Å²) < 4.78 is 5.99. The van der Waals surface area contributed by atoms with E-state index in [9.17, 15) is 5.11 Å². The van der Waals surface area contributed by atoms with Crippen LogP contribution in [0.4, 0.5) is 0 Å². The van der Waals surface area contributed by atoms with Gasteiger partial charge >= 0.3 is 0 Å². The van der Waals surface area contributed by atoms with Gasteiger partial charge in [-0.1, -0.05) is 6.07 Å². The van der Waals surface area contributed by atoms with Crippen LogP contribution in [0.1, 0.15) is 26.7 Å². The lowest BCUT2D eigenvalue weighted by molar-refractivity contribution is 0.106. The standard InChI is InChI=1S/C20H23N5O2/c1-20(2)10-15(7-8-21-20)27-19-6-5-17(24-25-19)16-4-3-13(9-18(16)26)14-11-22-23-12-14/h3-6,9,11-12,15,21,26H,7-8,10H2,1-2H3,(H,22,23). The molecule has 1 saturated heterocycles. The molecule has 4 rings (SSSR count). The molecule has 7 nitrogen and oxygen atoms in total. The van der Waals surface area contributed by atoms with Crippen molar-refractivity contribution in [2.45, 2.75) is 38.3 Å². The highest BCUT2D eigenvalue weighted by Gasteiger charge is 2.28. The van der Waals surface area contributed by atoms with Gasteiger partial charge in [-0.2, -0.15) is 5.10 Å². The monoisotopic (exact) mass is 365 g/mol. The first kappa shape index (κ1) is 17.5. The molecule has 1 fully saturated rings. The summed E-state index contributed by atoms with van der Waals surface area (Å²) in [4.78, 5) is 0. The minimum absolute atomic E-state index is 0.0683. The summed E-state index contributed by atoms with van der Waals surface area (Å²) in [5, 5.41) is 29.0. The number of aromatic nitrogens is 4. The highest BCUT2D eigenvalue weighted by atomic mass is 16.5.